The molecule has 2 fully saturated rings. The van der Waals surface area contributed by atoms with Crippen LogP contribution in [-0.2, 0) is 4.74 Å². The average molecular weight is 216 g/mol. The molecule has 4 nitrogen and oxygen atoms in total. The van der Waals surface area contributed by atoms with Gasteiger partial charge in [0.2, 0.25) is 0 Å². The summed E-state index contributed by atoms with van der Waals surface area (Å²) in [4.78, 5) is 0. The molecule has 4 heteroatoms. The molecule has 0 spiro atoms. The average Bonchev–Trinajstić information content (AvgIpc) is 2.73. The number of hydrogen-bond acceptors (Lipinski definition) is 4. The third kappa shape index (κ3) is 1.11. The van der Waals surface area contributed by atoms with Crippen LogP contribution >= 0.6 is 0 Å². The van der Waals surface area contributed by atoms with Gasteiger partial charge in [-0.15, -0.1) is 0 Å². The fraction of sp³-hybridized carbons (Fsp3) is 1.00. The van der Waals surface area contributed by atoms with E-state index >= 15 is 0 Å². The predicted molar refractivity (Wildman–Crippen MR) is 54.3 cm³/mol. The molecule has 2 saturated heterocycles. The highest BCUT2D eigenvalue weighted by Crippen LogP contribution is 2.58. The Balaban J connectivity index is 2.40. The molecule has 0 radical (unpaired) electrons. The third-order valence-electron chi connectivity index (χ3n) is 4.54. The van der Waals surface area contributed by atoms with Crippen molar-refractivity contribution in [2.45, 2.75) is 57.0 Å². The summed E-state index contributed by atoms with van der Waals surface area (Å²) >= 11 is 0. The second-order valence-corrected chi connectivity index (χ2v) is 4.83. The quantitative estimate of drug-likeness (QED) is 0.623. The summed E-state index contributed by atoms with van der Waals surface area (Å²) in [6, 6.07) is 0. The van der Waals surface area contributed by atoms with Crippen molar-refractivity contribution in [2.24, 2.45) is 5.41 Å². The van der Waals surface area contributed by atoms with E-state index in [2.05, 4.69) is 0 Å². The third-order valence-corrected chi connectivity index (χ3v) is 4.54. The van der Waals surface area contributed by atoms with Crippen molar-refractivity contribution in [3.05, 3.63) is 0 Å². The van der Waals surface area contributed by atoms with Crippen LogP contribution in [0.5, 0.6) is 0 Å². The Morgan fingerprint density at radius 2 is 1.93 bits per heavy atom. The lowest BCUT2D eigenvalue weighted by atomic mass is 9.61. The van der Waals surface area contributed by atoms with Gasteiger partial charge < -0.3 is 20.1 Å². The molecule has 0 aromatic rings. The van der Waals surface area contributed by atoms with Crippen molar-refractivity contribution in [1.29, 1.82) is 0 Å². The van der Waals surface area contributed by atoms with E-state index in [0.29, 0.717) is 12.8 Å². The van der Waals surface area contributed by atoms with Gasteiger partial charge in [0.15, 0.2) is 0 Å². The normalized spacial score (nSPS) is 53.8. The van der Waals surface area contributed by atoms with E-state index in [9.17, 15) is 15.3 Å². The maximum atomic E-state index is 10.1. The fourth-order valence-electron chi connectivity index (χ4n) is 3.47. The molecule has 0 amide bonds. The molecule has 3 N–H and O–H groups in total. The van der Waals surface area contributed by atoms with E-state index < -0.39 is 17.8 Å². The number of fused-ring (bicyclic) bond motifs is 2. The van der Waals surface area contributed by atoms with E-state index in [1.165, 1.54) is 0 Å². The van der Waals surface area contributed by atoms with Gasteiger partial charge in [-0.1, -0.05) is 13.8 Å². The molecule has 2 bridgehead atoms. The summed E-state index contributed by atoms with van der Waals surface area (Å²) in [5, 5.41) is 29.4. The smallest absolute Gasteiger partial charge is 0.112 e. The maximum absolute atomic E-state index is 10.1. The van der Waals surface area contributed by atoms with E-state index in [1.807, 2.05) is 13.8 Å². The zero-order valence-electron chi connectivity index (χ0n) is 9.31. The largest absolute Gasteiger partial charge is 0.396 e. The molecule has 5 atom stereocenters. The molecular formula is C11H20O4. The van der Waals surface area contributed by atoms with Gasteiger partial charge in [-0.05, 0) is 19.3 Å². The molecule has 2 aliphatic rings. The molecule has 0 aliphatic carbocycles. The summed E-state index contributed by atoms with van der Waals surface area (Å²) in [5.74, 6) is 0. The lowest BCUT2D eigenvalue weighted by Gasteiger charge is -2.46. The first-order chi connectivity index (χ1) is 7.07. The van der Waals surface area contributed by atoms with Crippen molar-refractivity contribution in [2.75, 3.05) is 6.61 Å². The summed E-state index contributed by atoms with van der Waals surface area (Å²) in [5.41, 5.74) is -1.13. The monoisotopic (exact) mass is 216 g/mol. The van der Waals surface area contributed by atoms with Gasteiger partial charge in [0, 0.05) is 5.41 Å². The van der Waals surface area contributed by atoms with Crippen LogP contribution in [0.15, 0.2) is 0 Å². The highest BCUT2D eigenvalue weighted by molar-refractivity contribution is 5.17. The van der Waals surface area contributed by atoms with E-state index in [4.69, 9.17) is 4.74 Å². The Hall–Kier alpha value is -0.160. The lowest BCUT2D eigenvalue weighted by Crippen LogP contribution is -2.58. The second-order valence-electron chi connectivity index (χ2n) is 4.83. The SMILES string of the molecule is CC[C@]1(CO)C[C@H]2O[C@]1(CC)[C@H](O)[C@@H]2O. The van der Waals surface area contributed by atoms with E-state index in [1.54, 1.807) is 0 Å². The van der Waals surface area contributed by atoms with E-state index in [-0.39, 0.29) is 18.1 Å². The Labute approximate surface area is 89.9 Å². The summed E-state index contributed by atoms with van der Waals surface area (Å²) in [7, 11) is 0. The van der Waals surface area contributed by atoms with Crippen LogP contribution < -0.4 is 0 Å². The maximum Gasteiger partial charge on any atom is 0.112 e. The number of ether oxygens (including phenoxy) is 1. The van der Waals surface area contributed by atoms with Crippen LogP contribution in [0.2, 0.25) is 0 Å². The van der Waals surface area contributed by atoms with Crippen molar-refractivity contribution in [3.63, 3.8) is 0 Å². The highest BCUT2D eigenvalue weighted by Gasteiger charge is 2.69. The standard InChI is InChI=1S/C11H20O4/c1-3-10(6-12)5-7-8(13)9(14)11(10,4-2)15-7/h7-9,12-14H,3-6H2,1-2H3/t7-,8-,9-,10-,11-/m1/s1. The molecule has 0 saturated carbocycles. The van der Waals surface area contributed by atoms with Crippen LogP contribution in [0, 0.1) is 5.41 Å². The Morgan fingerprint density at radius 3 is 2.33 bits per heavy atom. The van der Waals surface area contributed by atoms with Gasteiger partial charge in [0.05, 0.1) is 12.7 Å². The molecule has 2 aliphatic heterocycles. The van der Waals surface area contributed by atoms with Gasteiger partial charge >= 0.3 is 0 Å². The van der Waals surface area contributed by atoms with Gasteiger partial charge in [-0.3, -0.25) is 0 Å². The van der Waals surface area contributed by atoms with Gasteiger partial charge in [0.1, 0.15) is 17.8 Å². The summed E-state index contributed by atoms with van der Waals surface area (Å²) < 4.78 is 5.77. The molecule has 0 aromatic carbocycles. The van der Waals surface area contributed by atoms with Crippen LogP contribution in [0.4, 0.5) is 0 Å². The highest BCUT2D eigenvalue weighted by atomic mass is 16.6. The first-order valence-electron chi connectivity index (χ1n) is 5.71. The van der Waals surface area contributed by atoms with Crippen LogP contribution in [-0.4, -0.2) is 45.8 Å². The van der Waals surface area contributed by atoms with Crippen LogP contribution in [0.1, 0.15) is 33.1 Å². The zero-order valence-corrected chi connectivity index (χ0v) is 9.31. The number of rotatable bonds is 3. The molecule has 2 heterocycles. The number of aliphatic hydroxyl groups is 3. The summed E-state index contributed by atoms with van der Waals surface area (Å²) in [6.45, 7) is 3.94. The Morgan fingerprint density at radius 1 is 1.27 bits per heavy atom. The van der Waals surface area contributed by atoms with Gasteiger partial charge in [0.25, 0.3) is 0 Å². The zero-order chi connectivity index (χ0) is 11.3. The first kappa shape index (κ1) is 11.3. The molecule has 0 aromatic heterocycles. The summed E-state index contributed by atoms with van der Waals surface area (Å²) in [6.07, 6.45) is 0.0522. The molecule has 15 heavy (non-hydrogen) atoms. The van der Waals surface area contributed by atoms with Crippen molar-refractivity contribution < 1.29 is 20.1 Å². The minimum Gasteiger partial charge on any atom is -0.396 e. The van der Waals surface area contributed by atoms with Gasteiger partial charge in [-0.25, -0.2) is 0 Å². The van der Waals surface area contributed by atoms with Crippen LogP contribution in [0.3, 0.4) is 0 Å². The minimum atomic E-state index is -0.867. The second kappa shape index (κ2) is 3.42. The first-order valence-corrected chi connectivity index (χ1v) is 5.71. The number of aliphatic hydroxyl groups excluding tert-OH is 3. The van der Waals surface area contributed by atoms with Gasteiger partial charge in [-0.2, -0.15) is 0 Å². The van der Waals surface area contributed by atoms with Crippen molar-refractivity contribution in [1.82, 2.24) is 0 Å². The van der Waals surface area contributed by atoms with Crippen molar-refractivity contribution >= 4 is 0 Å². The Bertz CT molecular complexity index is 249. The molecule has 0 unspecified atom stereocenters. The van der Waals surface area contributed by atoms with E-state index in [0.717, 1.165) is 6.42 Å². The minimum absolute atomic E-state index is 0.0115. The van der Waals surface area contributed by atoms with Crippen molar-refractivity contribution in [3.8, 4) is 0 Å². The lowest BCUT2D eigenvalue weighted by molar-refractivity contribution is -0.138. The molecular weight excluding hydrogens is 196 g/mol. The topological polar surface area (TPSA) is 69.9 Å². The predicted octanol–water partition coefficient (Wildman–Crippen LogP) is 0.0482. The number of hydrogen-bond donors (Lipinski definition) is 3. The molecule has 88 valence electrons. The fourth-order valence-corrected chi connectivity index (χ4v) is 3.47. The Kier molecular flexibility index (Phi) is 2.58. The van der Waals surface area contributed by atoms with Crippen LogP contribution in [0.25, 0.3) is 0 Å². The molecule has 2 rings (SSSR count).